The molecule has 25 heavy (non-hydrogen) atoms. The Morgan fingerprint density at radius 1 is 1.04 bits per heavy atom. The Balaban J connectivity index is 1.98. The molecule has 2 aromatic heterocycles. The minimum absolute atomic E-state index is 0.728. The van der Waals surface area contributed by atoms with Gasteiger partial charge in [-0.1, -0.05) is 42.0 Å². The third kappa shape index (κ3) is 2.71. The maximum Gasteiger partial charge on any atom is 0.213 e. The molecule has 0 radical (unpaired) electrons. The third-order valence-electron chi connectivity index (χ3n) is 4.56. The lowest BCUT2D eigenvalue weighted by Crippen LogP contribution is -2.21. The minimum Gasteiger partial charge on any atom is -0.345 e. The molecule has 0 spiro atoms. The van der Waals surface area contributed by atoms with Gasteiger partial charge in [0.05, 0.1) is 5.52 Å². The average Bonchev–Trinajstić information content (AvgIpc) is 3.05. The molecule has 2 aromatic carbocycles. The van der Waals surface area contributed by atoms with Gasteiger partial charge in [-0.25, -0.2) is 9.38 Å². The van der Waals surface area contributed by atoms with Crippen molar-refractivity contribution in [1.82, 2.24) is 19.6 Å². The van der Waals surface area contributed by atoms with E-state index in [1.54, 1.807) is 0 Å². The fraction of sp³-hybridized carbons (Fsp3) is 0.250. The lowest BCUT2D eigenvalue weighted by molar-refractivity contribution is 0.853. The Hall–Kier alpha value is -2.95. The first-order valence-electron chi connectivity index (χ1n) is 8.57. The molecule has 0 bridgehead atoms. The van der Waals surface area contributed by atoms with Crippen molar-refractivity contribution in [3.05, 3.63) is 65.5 Å². The predicted octanol–water partition coefficient (Wildman–Crippen LogP) is 3.63. The summed E-state index contributed by atoms with van der Waals surface area (Å²) < 4.78 is 2.10. The lowest BCUT2D eigenvalue weighted by Gasteiger charge is -2.19. The molecule has 126 valence electrons. The topological polar surface area (TPSA) is 46.3 Å². The molecule has 0 saturated carbocycles. The van der Waals surface area contributed by atoms with Crippen LogP contribution in [0.5, 0.6) is 0 Å². The zero-order valence-electron chi connectivity index (χ0n) is 14.8. The van der Waals surface area contributed by atoms with Gasteiger partial charge >= 0.3 is 0 Å². The van der Waals surface area contributed by atoms with E-state index in [9.17, 15) is 0 Å². The van der Waals surface area contributed by atoms with Crippen LogP contribution in [0.25, 0.3) is 16.6 Å². The van der Waals surface area contributed by atoms with Crippen LogP contribution in [0.3, 0.4) is 0 Å². The molecule has 0 fully saturated rings. The van der Waals surface area contributed by atoms with Gasteiger partial charge in [-0.2, -0.15) is 0 Å². The van der Waals surface area contributed by atoms with Crippen molar-refractivity contribution < 1.29 is 0 Å². The smallest absolute Gasteiger partial charge is 0.213 e. The summed E-state index contributed by atoms with van der Waals surface area (Å²) in [6, 6.07) is 16.6. The lowest BCUT2D eigenvalue weighted by atomic mass is 10.1. The second-order valence-electron chi connectivity index (χ2n) is 6.38. The molecule has 0 saturated heterocycles. The number of fused-ring (bicyclic) bond motifs is 3. The second-order valence-corrected chi connectivity index (χ2v) is 6.38. The molecule has 0 aliphatic rings. The molecule has 0 aliphatic heterocycles. The molecular formula is C20H21N5. The van der Waals surface area contributed by atoms with Crippen LogP contribution < -0.4 is 4.90 Å². The highest BCUT2D eigenvalue weighted by Crippen LogP contribution is 2.25. The Kier molecular flexibility index (Phi) is 3.84. The van der Waals surface area contributed by atoms with Gasteiger partial charge in [-0.05, 0) is 31.5 Å². The van der Waals surface area contributed by atoms with Crippen LogP contribution in [-0.4, -0.2) is 33.2 Å². The molecule has 0 amide bonds. The van der Waals surface area contributed by atoms with E-state index < -0.39 is 0 Å². The summed E-state index contributed by atoms with van der Waals surface area (Å²) in [5.74, 6) is 1.79. The molecule has 0 unspecified atom stereocenters. The van der Waals surface area contributed by atoms with Crippen LogP contribution in [-0.2, 0) is 6.42 Å². The Morgan fingerprint density at radius 3 is 2.60 bits per heavy atom. The average molecular weight is 331 g/mol. The summed E-state index contributed by atoms with van der Waals surface area (Å²) in [7, 11) is 2.05. The van der Waals surface area contributed by atoms with E-state index in [1.807, 2.05) is 13.1 Å². The third-order valence-corrected chi connectivity index (χ3v) is 4.56. The Bertz CT molecular complexity index is 1040. The van der Waals surface area contributed by atoms with Crippen molar-refractivity contribution in [1.29, 1.82) is 0 Å². The van der Waals surface area contributed by atoms with Crippen molar-refractivity contribution in [2.75, 3.05) is 18.5 Å². The molecule has 0 aliphatic carbocycles. The summed E-state index contributed by atoms with van der Waals surface area (Å²) in [5, 5.41) is 10.0. The quantitative estimate of drug-likeness (QED) is 0.573. The molecule has 0 N–H and O–H groups in total. The van der Waals surface area contributed by atoms with E-state index >= 15 is 0 Å². The SMILES string of the molecule is CCN(C)c1nc2ccc(C)cc2c2nnc(Cc3ccccc3)n12. The number of aromatic nitrogens is 4. The number of rotatable bonds is 4. The Labute approximate surface area is 147 Å². The predicted molar refractivity (Wildman–Crippen MR) is 101 cm³/mol. The summed E-state index contributed by atoms with van der Waals surface area (Å²) in [5.41, 5.74) is 4.23. The van der Waals surface area contributed by atoms with Crippen LogP contribution in [0.2, 0.25) is 0 Å². The maximum absolute atomic E-state index is 4.90. The molecule has 4 rings (SSSR count). The second kappa shape index (κ2) is 6.16. The number of hydrogen-bond acceptors (Lipinski definition) is 4. The van der Waals surface area contributed by atoms with Crippen LogP contribution in [0.1, 0.15) is 23.9 Å². The van der Waals surface area contributed by atoms with E-state index in [1.165, 1.54) is 11.1 Å². The van der Waals surface area contributed by atoms with Crippen LogP contribution in [0, 0.1) is 6.92 Å². The molecular weight excluding hydrogens is 310 g/mol. The van der Waals surface area contributed by atoms with Gasteiger partial charge in [0.1, 0.15) is 5.82 Å². The molecule has 5 nitrogen and oxygen atoms in total. The molecule has 2 heterocycles. The highest BCUT2D eigenvalue weighted by molar-refractivity contribution is 5.93. The van der Waals surface area contributed by atoms with E-state index in [0.29, 0.717) is 0 Å². The highest BCUT2D eigenvalue weighted by atomic mass is 15.3. The maximum atomic E-state index is 4.90. The monoisotopic (exact) mass is 331 g/mol. The van der Waals surface area contributed by atoms with Gasteiger partial charge in [-0.3, -0.25) is 0 Å². The fourth-order valence-corrected chi connectivity index (χ4v) is 3.08. The fourth-order valence-electron chi connectivity index (χ4n) is 3.08. The number of benzene rings is 2. The van der Waals surface area contributed by atoms with Crippen molar-refractivity contribution in [2.24, 2.45) is 0 Å². The molecule has 5 heteroatoms. The summed E-state index contributed by atoms with van der Waals surface area (Å²) in [6.45, 7) is 5.07. The number of aryl methyl sites for hydroxylation is 1. The minimum atomic E-state index is 0.728. The van der Waals surface area contributed by atoms with Gasteiger partial charge in [0.25, 0.3) is 0 Å². The summed E-state index contributed by atoms with van der Waals surface area (Å²) in [4.78, 5) is 7.03. The van der Waals surface area contributed by atoms with Crippen LogP contribution in [0.15, 0.2) is 48.5 Å². The van der Waals surface area contributed by atoms with Crippen molar-refractivity contribution >= 4 is 22.5 Å². The van der Waals surface area contributed by atoms with E-state index in [2.05, 4.69) is 75.8 Å². The Morgan fingerprint density at radius 2 is 1.84 bits per heavy atom. The van der Waals surface area contributed by atoms with Crippen molar-refractivity contribution in [3.63, 3.8) is 0 Å². The summed E-state index contributed by atoms with van der Waals surface area (Å²) >= 11 is 0. The number of hydrogen-bond donors (Lipinski definition) is 0. The largest absolute Gasteiger partial charge is 0.345 e. The first kappa shape index (κ1) is 15.6. The van der Waals surface area contributed by atoms with E-state index in [0.717, 1.165) is 41.3 Å². The van der Waals surface area contributed by atoms with E-state index in [4.69, 9.17) is 4.98 Å². The zero-order chi connectivity index (χ0) is 17.4. The molecule has 4 aromatic rings. The van der Waals surface area contributed by atoms with Crippen LogP contribution >= 0.6 is 0 Å². The van der Waals surface area contributed by atoms with Gasteiger partial charge in [0.2, 0.25) is 5.95 Å². The van der Waals surface area contributed by atoms with Gasteiger partial charge < -0.3 is 4.90 Å². The number of anilines is 1. The zero-order valence-corrected chi connectivity index (χ0v) is 14.8. The van der Waals surface area contributed by atoms with Gasteiger partial charge in [0, 0.05) is 25.4 Å². The number of nitrogens with zero attached hydrogens (tertiary/aromatic N) is 5. The standard InChI is InChI=1S/C20H21N5/c1-4-24(3)20-21-17-11-10-14(2)12-16(17)19-23-22-18(25(19)20)13-15-8-6-5-7-9-15/h5-12H,4,13H2,1-3H3. The van der Waals surface area contributed by atoms with Crippen molar-refractivity contribution in [2.45, 2.75) is 20.3 Å². The van der Waals surface area contributed by atoms with Gasteiger partial charge in [-0.15, -0.1) is 10.2 Å². The first-order valence-corrected chi connectivity index (χ1v) is 8.57. The molecule has 0 atom stereocenters. The summed E-state index contributed by atoms with van der Waals surface area (Å²) in [6.07, 6.45) is 0.728. The van der Waals surface area contributed by atoms with E-state index in [-0.39, 0.29) is 0 Å². The normalized spacial score (nSPS) is 11.3. The first-order chi connectivity index (χ1) is 12.2. The van der Waals surface area contributed by atoms with Gasteiger partial charge in [0.15, 0.2) is 5.65 Å². The van der Waals surface area contributed by atoms with Crippen LogP contribution in [0.4, 0.5) is 5.95 Å². The highest BCUT2D eigenvalue weighted by Gasteiger charge is 2.17. The van der Waals surface area contributed by atoms with Crippen molar-refractivity contribution in [3.8, 4) is 0 Å².